The summed E-state index contributed by atoms with van der Waals surface area (Å²) in [5, 5.41) is 13.0. The Bertz CT molecular complexity index is 355. The Morgan fingerprint density at radius 1 is 1.11 bits per heavy atom. The van der Waals surface area contributed by atoms with Gasteiger partial charge in [-0.2, -0.15) is 0 Å². The first kappa shape index (κ1) is 15.8. The molecule has 108 valence electrons. The molecule has 0 spiro atoms. The van der Waals surface area contributed by atoms with Crippen LogP contribution in [0.25, 0.3) is 0 Å². The minimum atomic E-state index is -0.520. The third kappa shape index (κ3) is 6.45. The van der Waals surface area contributed by atoms with Gasteiger partial charge in [-0.3, -0.25) is 0 Å². The van der Waals surface area contributed by atoms with E-state index < -0.39 is 6.10 Å². The van der Waals surface area contributed by atoms with E-state index in [2.05, 4.69) is 19.2 Å². The summed E-state index contributed by atoms with van der Waals surface area (Å²) in [6.07, 6.45) is -0.520. The largest absolute Gasteiger partial charge is 0.490 e. The zero-order valence-corrected chi connectivity index (χ0v) is 12.1. The van der Waals surface area contributed by atoms with Crippen molar-refractivity contribution >= 4 is 0 Å². The van der Waals surface area contributed by atoms with Crippen LogP contribution in [-0.4, -0.2) is 37.5 Å². The SMILES string of the molecule is CCOc1ccccc1OCC(O)CNCC(C)C. The summed E-state index contributed by atoms with van der Waals surface area (Å²) in [7, 11) is 0. The first-order valence-electron chi connectivity index (χ1n) is 6.86. The van der Waals surface area contributed by atoms with Crippen LogP contribution in [0.2, 0.25) is 0 Å². The first-order chi connectivity index (χ1) is 9.13. The maximum absolute atomic E-state index is 9.82. The first-order valence-corrected chi connectivity index (χ1v) is 6.86. The zero-order valence-electron chi connectivity index (χ0n) is 12.1. The van der Waals surface area contributed by atoms with Gasteiger partial charge in [0.1, 0.15) is 12.7 Å². The van der Waals surface area contributed by atoms with Gasteiger partial charge in [-0.05, 0) is 31.5 Å². The molecule has 1 rings (SSSR count). The van der Waals surface area contributed by atoms with Crippen molar-refractivity contribution in [2.24, 2.45) is 5.92 Å². The highest BCUT2D eigenvalue weighted by atomic mass is 16.5. The summed E-state index contributed by atoms with van der Waals surface area (Å²) in [4.78, 5) is 0. The van der Waals surface area contributed by atoms with E-state index in [-0.39, 0.29) is 6.61 Å². The molecule has 4 heteroatoms. The molecule has 1 aromatic rings. The Hall–Kier alpha value is -1.26. The number of nitrogens with one attached hydrogen (secondary N) is 1. The van der Waals surface area contributed by atoms with Crippen molar-refractivity contribution in [3.63, 3.8) is 0 Å². The van der Waals surface area contributed by atoms with Crippen LogP contribution in [-0.2, 0) is 0 Å². The van der Waals surface area contributed by atoms with Crippen molar-refractivity contribution in [2.45, 2.75) is 26.9 Å². The van der Waals surface area contributed by atoms with Crippen LogP contribution in [0.1, 0.15) is 20.8 Å². The molecule has 0 aliphatic carbocycles. The predicted molar refractivity (Wildman–Crippen MR) is 76.8 cm³/mol. The smallest absolute Gasteiger partial charge is 0.161 e. The highest BCUT2D eigenvalue weighted by molar-refractivity contribution is 5.39. The van der Waals surface area contributed by atoms with Crippen LogP contribution in [0.15, 0.2) is 24.3 Å². The number of benzene rings is 1. The summed E-state index contributed by atoms with van der Waals surface area (Å²) in [6, 6.07) is 7.50. The molecule has 19 heavy (non-hydrogen) atoms. The lowest BCUT2D eigenvalue weighted by molar-refractivity contribution is 0.103. The fourth-order valence-corrected chi connectivity index (χ4v) is 1.63. The van der Waals surface area contributed by atoms with Crippen molar-refractivity contribution in [2.75, 3.05) is 26.3 Å². The Labute approximate surface area is 115 Å². The van der Waals surface area contributed by atoms with Gasteiger partial charge in [-0.1, -0.05) is 26.0 Å². The zero-order chi connectivity index (χ0) is 14.1. The molecule has 0 heterocycles. The molecule has 0 saturated heterocycles. The van der Waals surface area contributed by atoms with E-state index in [0.29, 0.717) is 30.6 Å². The Morgan fingerprint density at radius 2 is 1.74 bits per heavy atom. The monoisotopic (exact) mass is 267 g/mol. The maximum Gasteiger partial charge on any atom is 0.161 e. The van der Waals surface area contributed by atoms with Crippen LogP contribution in [0.3, 0.4) is 0 Å². The topological polar surface area (TPSA) is 50.7 Å². The molecule has 0 bridgehead atoms. The van der Waals surface area contributed by atoms with Gasteiger partial charge in [0.25, 0.3) is 0 Å². The van der Waals surface area contributed by atoms with Crippen LogP contribution < -0.4 is 14.8 Å². The van der Waals surface area contributed by atoms with Crippen molar-refractivity contribution in [1.82, 2.24) is 5.32 Å². The average Bonchev–Trinajstić information content (AvgIpc) is 2.37. The lowest BCUT2D eigenvalue weighted by atomic mass is 10.2. The maximum atomic E-state index is 9.82. The number of rotatable bonds is 9. The number of ether oxygens (including phenoxy) is 2. The molecular formula is C15H25NO3. The van der Waals surface area contributed by atoms with Gasteiger partial charge >= 0.3 is 0 Å². The van der Waals surface area contributed by atoms with Crippen LogP contribution in [0.5, 0.6) is 11.5 Å². The Morgan fingerprint density at radius 3 is 2.32 bits per heavy atom. The van der Waals surface area contributed by atoms with Gasteiger partial charge in [0, 0.05) is 6.54 Å². The molecule has 1 aromatic carbocycles. The van der Waals surface area contributed by atoms with Gasteiger partial charge in [-0.15, -0.1) is 0 Å². The summed E-state index contributed by atoms with van der Waals surface area (Å²) in [5.41, 5.74) is 0. The molecule has 4 nitrogen and oxygen atoms in total. The van der Waals surface area contributed by atoms with Gasteiger partial charge < -0.3 is 19.9 Å². The number of hydrogen-bond donors (Lipinski definition) is 2. The highest BCUT2D eigenvalue weighted by Gasteiger charge is 2.08. The molecule has 0 radical (unpaired) electrons. The van der Waals surface area contributed by atoms with E-state index in [9.17, 15) is 5.11 Å². The number of aliphatic hydroxyl groups excluding tert-OH is 1. The third-order valence-electron chi connectivity index (χ3n) is 2.51. The van der Waals surface area contributed by atoms with Crippen LogP contribution >= 0.6 is 0 Å². The summed E-state index contributed by atoms with van der Waals surface area (Å²) in [6.45, 7) is 8.49. The lowest BCUT2D eigenvalue weighted by Crippen LogP contribution is -2.33. The lowest BCUT2D eigenvalue weighted by Gasteiger charge is -2.16. The average molecular weight is 267 g/mol. The molecule has 0 aromatic heterocycles. The Balaban J connectivity index is 2.35. The van der Waals surface area contributed by atoms with E-state index in [0.717, 1.165) is 6.54 Å². The van der Waals surface area contributed by atoms with Crippen molar-refractivity contribution in [3.8, 4) is 11.5 Å². The van der Waals surface area contributed by atoms with E-state index in [4.69, 9.17) is 9.47 Å². The van der Waals surface area contributed by atoms with Gasteiger partial charge in [-0.25, -0.2) is 0 Å². The second-order valence-corrected chi connectivity index (χ2v) is 4.90. The molecule has 0 saturated carbocycles. The molecule has 0 aliphatic heterocycles. The normalized spacial score (nSPS) is 12.5. The van der Waals surface area contributed by atoms with Gasteiger partial charge in [0.05, 0.1) is 6.61 Å². The third-order valence-corrected chi connectivity index (χ3v) is 2.51. The standard InChI is InChI=1S/C15H25NO3/c1-4-18-14-7-5-6-8-15(14)19-11-13(17)10-16-9-12(2)3/h5-8,12-13,16-17H,4,9-11H2,1-3H3. The molecule has 1 atom stereocenters. The van der Waals surface area contributed by atoms with Gasteiger partial charge in [0.15, 0.2) is 11.5 Å². The van der Waals surface area contributed by atoms with E-state index in [1.807, 2.05) is 31.2 Å². The van der Waals surface area contributed by atoms with Crippen LogP contribution in [0, 0.1) is 5.92 Å². The molecular weight excluding hydrogens is 242 g/mol. The summed E-state index contributed by atoms with van der Waals surface area (Å²) >= 11 is 0. The fourth-order valence-electron chi connectivity index (χ4n) is 1.63. The minimum Gasteiger partial charge on any atom is -0.490 e. The Kier molecular flexibility index (Phi) is 7.30. The second-order valence-electron chi connectivity index (χ2n) is 4.90. The van der Waals surface area contributed by atoms with Crippen molar-refractivity contribution in [3.05, 3.63) is 24.3 Å². The van der Waals surface area contributed by atoms with Crippen molar-refractivity contribution < 1.29 is 14.6 Å². The highest BCUT2D eigenvalue weighted by Crippen LogP contribution is 2.26. The molecule has 0 fully saturated rings. The quantitative estimate of drug-likeness (QED) is 0.719. The number of para-hydroxylation sites is 2. The summed E-state index contributed by atoms with van der Waals surface area (Å²) < 4.78 is 11.1. The molecule has 1 unspecified atom stereocenters. The van der Waals surface area contributed by atoms with Crippen LogP contribution in [0.4, 0.5) is 0 Å². The second kappa shape index (κ2) is 8.77. The molecule has 0 aliphatic rings. The number of hydrogen-bond acceptors (Lipinski definition) is 4. The minimum absolute atomic E-state index is 0.259. The van der Waals surface area contributed by atoms with Crippen molar-refractivity contribution in [1.29, 1.82) is 0 Å². The summed E-state index contributed by atoms with van der Waals surface area (Å²) in [5.74, 6) is 1.96. The molecule has 0 amide bonds. The fraction of sp³-hybridized carbons (Fsp3) is 0.600. The van der Waals surface area contributed by atoms with E-state index >= 15 is 0 Å². The predicted octanol–water partition coefficient (Wildman–Crippen LogP) is 2.07. The van der Waals surface area contributed by atoms with E-state index in [1.165, 1.54) is 0 Å². The number of aliphatic hydroxyl groups is 1. The van der Waals surface area contributed by atoms with Gasteiger partial charge in [0.2, 0.25) is 0 Å². The van der Waals surface area contributed by atoms with E-state index in [1.54, 1.807) is 0 Å². The molecule has 2 N–H and O–H groups in total.